The van der Waals surface area contributed by atoms with E-state index in [0.29, 0.717) is 12.5 Å². The molecular weight excluding hydrogens is 312 g/mol. The third-order valence-corrected chi connectivity index (χ3v) is 4.44. The van der Waals surface area contributed by atoms with Crippen molar-refractivity contribution in [3.8, 4) is 0 Å². The molecule has 1 amide bonds. The number of fused-ring (bicyclic) bond motifs is 2. The minimum Gasteiger partial charge on any atom is -0.361 e. The van der Waals surface area contributed by atoms with Crippen LogP contribution in [0.2, 0.25) is 0 Å². The van der Waals surface area contributed by atoms with E-state index in [1.54, 1.807) is 0 Å². The summed E-state index contributed by atoms with van der Waals surface area (Å²) in [4.78, 5) is 20.1. The number of carbonyl (C=O) groups excluding carboxylic acids is 1. The van der Waals surface area contributed by atoms with Gasteiger partial charge in [0.2, 0.25) is 5.91 Å². The lowest BCUT2D eigenvalue weighted by Crippen LogP contribution is -2.14. The number of nitrogens with zero attached hydrogens (tertiary/aromatic N) is 2. The molecule has 0 fully saturated rings. The van der Waals surface area contributed by atoms with E-state index in [1.165, 1.54) is 0 Å². The van der Waals surface area contributed by atoms with Crippen molar-refractivity contribution < 1.29 is 4.79 Å². The monoisotopic (exact) mass is 332 g/mol. The first kappa shape index (κ1) is 15.4. The van der Waals surface area contributed by atoms with Gasteiger partial charge in [0.15, 0.2) is 0 Å². The number of para-hydroxylation sites is 1. The number of aromatic amines is 1. The molecular formula is C20H20N4O. The first-order chi connectivity index (χ1) is 12.1. The molecule has 0 aliphatic rings. The maximum Gasteiger partial charge on any atom is 0.228 e. The Morgan fingerprint density at radius 1 is 1.24 bits per heavy atom. The summed E-state index contributed by atoms with van der Waals surface area (Å²) >= 11 is 0. The van der Waals surface area contributed by atoms with Crippen LogP contribution < -0.4 is 5.32 Å². The zero-order chi connectivity index (χ0) is 17.4. The Hall–Kier alpha value is -3.08. The van der Waals surface area contributed by atoms with Crippen molar-refractivity contribution >= 4 is 33.5 Å². The van der Waals surface area contributed by atoms with Crippen molar-refractivity contribution in [2.24, 2.45) is 0 Å². The van der Waals surface area contributed by atoms with Gasteiger partial charge >= 0.3 is 0 Å². The average Bonchev–Trinajstić information content (AvgIpc) is 3.19. The second-order valence-electron chi connectivity index (χ2n) is 6.53. The summed E-state index contributed by atoms with van der Waals surface area (Å²) in [5.74, 6) is -0.0348. The number of carbonyl (C=O) groups is 1. The topological polar surface area (TPSA) is 62.7 Å². The summed E-state index contributed by atoms with van der Waals surface area (Å²) in [7, 11) is 0. The number of rotatable bonds is 4. The molecule has 2 aromatic carbocycles. The minimum atomic E-state index is -0.0348. The van der Waals surface area contributed by atoms with Gasteiger partial charge in [0.05, 0.1) is 23.8 Å². The Labute approximate surface area is 145 Å². The van der Waals surface area contributed by atoms with Crippen LogP contribution >= 0.6 is 0 Å². The normalized spacial score (nSPS) is 11.5. The van der Waals surface area contributed by atoms with Crippen LogP contribution in [-0.4, -0.2) is 20.4 Å². The van der Waals surface area contributed by atoms with Crippen molar-refractivity contribution in [1.29, 1.82) is 0 Å². The molecule has 5 nitrogen and oxygen atoms in total. The molecule has 0 saturated heterocycles. The largest absolute Gasteiger partial charge is 0.361 e. The van der Waals surface area contributed by atoms with Crippen LogP contribution in [0, 0.1) is 0 Å². The number of hydrogen-bond acceptors (Lipinski definition) is 2. The first-order valence-corrected chi connectivity index (χ1v) is 8.43. The lowest BCUT2D eigenvalue weighted by Gasteiger charge is -2.09. The third-order valence-electron chi connectivity index (χ3n) is 4.44. The van der Waals surface area contributed by atoms with Crippen molar-refractivity contribution in [1.82, 2.24) is 14.5 Å². The van der Waals surface area contributed by atoms with E-state index in [9.17, 15) is 4.79 Å². The predicted octanol–water partition coefficient (Wildman–Crippen LogP) is 4.28. The molecule has 0 aliphatic carbocycles. The first-order valence-electron chi connectivity index (χ1n) is 8.43. The van der Waals surface area contributed by atoms with E-state index in [0.717, 1.165) is 33.2 Å². The van der Waals surface area contributed by atoms with E-state index in [-0.39, 0.29) is 5.91 Å². The quantitative estimate of drug-likeness (QED) is 0.586. The number of nitrogens with one attached hydrogen (secondary N) is 2. The molecule has 2 N–H and O–H groups in total. The lowest BCUT2D eigenvalue weighted by molar-refractivity contribution is -0.115. The summed E-state index contributed by atoms with van der Waals surface area (Å²) in [5.41, 5.74) is 4.78. The number of anilines is 1. The van der Waals surface area contributed by atoms with Gasteiger partial charge in [0, 0.05) is 28.8 Å². The molecule has 4 rings (SSSR count). The smallest absolute Gasteiger partial charge is 0.228 e. The van der Waals surface area contributed by atoms with E-state index in [2.05, 4.69) is 33.7 Å². The van der Waals surface area contributed by atoms with Gasteiger partial charge in [-0.05, 0) is 43.7 Å². The van der Waals surface area contributed by atoms with Gasteiger partial charge in [0.25, 0.3) is 0 Å². The van der Waals surface area contributed by atoms with Crippen LogP contribution in [-0.2, 0) is 11.2 Å². The van der Waals surface area contributed by atoms with Crippen molar-refractivity contribution in [3.05, 3.63) is 60.6 Å². The second kappa shape index (κ2) is 6.09. The molecule has 2 aromatic heterocycles. The Bertz CT molecular complexity index is 1060. The molecule has 2 heterocycles. The molecule has 0 atom stereocenters. The number of benzene rings is 2. The molecule has 0 radical (unpaired) electrons. The van der Waals surface area contributed by atoms with E-state index in [1.807, 2.05) is 55.0 Å². The standard InChI is InChI=1S/C20H20N4O/c1-13(2)24-12-22-18-10-15(7-8-19(18)24)23-20(25)9-14-11-21-17-6-4-3-5-16(14)17/h3-8,10-13,21H,9H2,1-2H3,(H,23,25). The molecule has 4 aromatic rings. The highest BCUT2D eigenvalue weighted by Crippen LogP contribution is 2.22. The highest BCUT2D eigenvalue weighted by Gasteiger charge is 2.11. The van der Waals surface area contributed by atoms with Crippen LogP contribution in [0.5, 0.6) is 0 Å². The molecule has 126 valence electrons. The van der Waals surface area contributed by atoms with Crippen LogP contribution in [0.1, 0.15) is 25.5 Å². The summed E-state index contributed by atoms with van der Waals surface area (Å²) in [5, 5.41) is 4.06. The Balaban J connectivity index is 1.53. The van der Waals surface area contributed by atoms with Crippen LogP contribution in [0.3, 0.4) is 0 Å². The number of imidazole rings is 1. The van der Waals surface area contributed by atoms with E-state index < -0.39 is 0 Å². The van der Waals surface area contributed by atoms with Gasteiger partial charge in [-0.1, -0.05) is 18.2 Å². The highest BCUT2D eigenvalue weighted by molar-refractivity contribution is 5.97. The molecule has 5 heteroatoms. The van der Waals surface area contributed by atoms with Gasteiger partial charge in [-0.2, -0.15) is 0 Å². The van der Waals surface area contributed by atoms with Crippen molar-refractivity contribution in [2.75, 3.05) is 5.32 Å². The van der Waals surface area contributed by atoms with Crippen molar-refractivity contribution in [3.63, 3.8) is 0 Å². The van der Waals surface area contributed by atoms with Crippen LogP contribution in [0.15, 0.2) is 55.0 Å². The number of amides is 1. The van der Waals surface area contributed by atoms with E-state index in [4.69, 9.17) is 0 Å². The number of hydrogen-bond donors (Lipinski definition) is 2. The lowest BCUT2D eigenvalue weighted by atomic mass is 10.1. The zero-order valence-corrected chi connectivity index (χ0v) is 14.3. The van der Waals surface area contributed by atoms with Gasteiger partial charge in [-0.15, -0.1) is 0 Å². The molecule has 0 spiro atoms. The average molecular weight is 332 g/mol. The fourth-order valence-corrected chi connectivity index (χ4v) is 3.18. The molecule has 0 unspecified atom stereocenters. The highest BCUT2D eigenvalue weighted by atomic mass is 16.1. The fourth-order valence-electron chi connectivity index (χ4n) is 3.18. The summed E-state index contributed by atoms with van der Waals surface area (Å²) in [6.07, 6.45) is 4.08. The number of H-pyrrole nitrogens is 1. The Morgan fingerprint density at radius 3 is 2.92 bits per heavy atom. The van der Waals surface area contributed by atoms with Gasteiger partial charge < -0.3 is 14.9 Å². The Kier molecular flexibility index (Phi) is 3.76. The third kappa shape index (κ3) is 2.89. The molecule has 0 saturated carbocycles. The predicted molar refractivity (Wildman–Crippen MR) is 101 cm³/mol. The molecule has 0 aliphatic heterocycles. The SMILES string of the molecule is CC(C)n1cnc2cc(NC(=O)Cc3c[nH]c4ccccc34)ccc21. The van der Waals surface area contributed by atoms with Crippen LogP contribution in [0.25, 0.3) is 21.9 Å². The summed E-state index contributed by atoms with van der Waals surface area (Å²) in [6, 6.07) is 14.2. The number of aromatic nitrogens is 3. The van der Waals surface area contributed by atoms with E-state index >= 15 is 0 Å². The fraction of sp³-hybridized carbons (Fsp3) is 0.200. The van der Waals surface area contributed by atoms with Crippen LogP contribution in [0.4, 0.5) is 5.69 Å². The van der Waals surface area contributed by atoms with Crippen molar-refractivity contribution in [2.45, 2.75) is 26.3 Å². The van der Waals surface area contributed by atoms with Gasteiger partial charge in [-0.3, -0.25) is 4.79 Å². The maximum atomic E-state index is 12.4. The second-order valence-corrected chi connectivity index (χ2v) is 6.53. The summed E-state index contributed by atoms with van der Waals surface area (Å²) in [6.45, 7) is 4.25. The molecule has 0 bridgehead atoms. The minimum absolute atomic E-state index is 0.0348. The van der Waals surface area contributed by atoms with Gasteiger partial charge in [-0.25, -0.2) is 4.98 Å². The van der Waals surface area contributed by atoms with Gasteiger partial charge in [0.1, 0.15) is 0 Å². The zero-order valence-electron chi connectivity index (χ0n) is 14.3. The molecule has 25 heavy (non-hydrogen) atoms. The maximum absolute atomic E-state index is 12.4. The Morgan fingerprint density at radius 2 is 2.08 bits per heavy atom. The summed E-state index contributed by atoms with van der Waals surface area (Å²) < 4.78 is 2.12.